The van der Waals surface area contributed by atoms with Gasteiger partial charge in [0.1, 0.15) is 0 Å². The van der Waals surface area contributed by atoms with E-state index in [0.717, 1.165) is 44.4 Å². The molecule has 3 aromatic heterocycles. The van der Waals surface area contributed by atoms with Gasteiger partial charge in [-0.15, -0.1) is 0 Å². The van der Waals surface area contributed by atoms with E-state index in [-0.39, 0.29) is 0 Å². The number of aromatic nitrogens is 5. The van der Waals surface area contributed by atoms with Gasteiger partial charge in [-0.1, -0.05) is 35.9 Å². The van der Waals surface area contributed by atoms with Gasteiger partial charge in [-0.25, -0.2) is 9.67 Å². The molecule has 6 rings (SSSR count). The second-order valence-corrected chi connectivity index (χ2v) is 7.76. The summed E-state index contributed by atoms with van der Waals surface area (Å²) >= 11 is 6.38. The van der Waals surface area contributed by atoms with Crippen molar-refractivity contribution < 1.29 is 0 Å². The molecule has 0 aliphatic heterocycles. The van der Waals surface area contributed by atoms with Crippen molar-refractivity contribution in [3.8, 4) is 16.8 Å². The average molecular weight is 425 g/mol. The van der Waals surface area contributed by atoms with E-state index in [1.54, 1.807) is 0 Å². The first-order chi connectivity index (χ1) is 15.2. The Kier molecular flexibility index (Phi) is 4.04. The first-order valence-corrected chi connectivity index (χ1v) is 10.2. The molecule has 7 heteroatoms. The van der Waals surface area contributed by atoms with Gasteiger partial charge in [0.25, 0.3) is 0 Å². The zero-order valence-corrected chi connectivity index (χ0v) is 17.1. The predicted octanol–water partition coefficient (Wildman–Crippen LogP) is 6.29. The Morgan fingerprint density at radius 1 is 0.903 bits per heavy atom. The Labute approximate surface area is 182 Å². The van der Waals surface area contributed by atoms with Crippen molar-refractivity contribution in [2.45, 2.75) is 0 Å². The van der Waals surface area contributed by atoms with E-state index in [2.05, 4.69) is 32.5 Å². The number of para-hydroxylation sites is 1. The Morgan fingerprint density at radius 3 is 2.71 bits per heavy atom. The van der Waals surface area contributed by atoms with Gasteiger partial charge in [0.15, 0.2) is 0 Å². The summed E-state index contributed by atoms with van der Waals surface area (Å²) in [6.45, 7) is 0. The number of aromatic amines is 2. The van der Waals surface area contributed by atoms with Gasteiger partial charge in [0, 0.05) is 34.5 Å². The third kappa shape index (κ3) is 3.23. The van der Waals surface area contributed by atoms with Crippen LogP contribution in [0.15, 0.2) is 85.3 Å². The second-order valence-electron chi connectivity index (χ2n) is 7.35. The Morgan fingerprint density at radius 2 is 1.81 bits per heavy atom. The summed E-state index contributed by atoms with van der Waals surface area (Å²) in [5, 5.41) is 9.49. The van der Waals surface area contributed by atoms with Crippen LogP contribution in [0.5, 0.6) is 0 Å². The van der Waals surface area contributed by atoms with Crippen molar-refractivity contribution in [2.75, 3.05) is 5.32 Å². The molecule has 0 aliphatic carbocycles. The van der Waals surface area contributed by atoms with Crippen LogP contribution in [0.2, 0.25) is 5.02 Å². The van der Waals surface area contributed by atoms with Crippen LogP contribution in [0.4, 0.5) is 11.6 Å². The lowest BCUT2D eigenvalue weighted by Gasteiger charge is -2.04. The van der Waals surface area contributed by atoms with Crippen LogP contribution >= 0.6 is 11.6 Å². The van der Waals surface area contributed by atoms with Crippen LogP contribution in [0.1, 0.15) is 0 Å². The zero-order valence-electron chi connectivity index (χ0n) is 16.3. The second kappa shape index (κ2) is 7.04. The standard InChI is InChI=1S/C24H17ClN6/c25-20-11-17(12-22-19(20)8-9-26-22)28-24-29-21-7-6-15(10-23(21)30-24)16-13-27-31(14-16)18-4-2-1-3-5-18/h1-14,26H,(H2,28,29,30). The highest BCUT2D eigenvalue weighted by Crippen LogP contribution is 2.30. The van der Waals surface area contributed by atoms with E-state index in [0.29, 0.717) is 11.0 Å². The minimum atomic E-state index is 0.661. The monoisotopic (exact) mass is 424 g/mol. The van der Waals surface area contributed by atoms with Gasteiger partial charge in [-0.3, -0.25) is 0 Å². The Balaban J connectivity index is 1.31. The van der Waals surface area contributed by atoms with Crippen LogP contribution in [0.25, 0.3) is 38.8 Å². The van der Waals surface area contributed by atoms with E-state index >= 15 is 0 Å². The van der Waals surface area contributed by atoms with E-state index in [9.17, 15) is 0 Å². The third-order valence-electron chi connectivity index (χ3n) is 5.30. The molecule has 6 nitrogen and oxygen atoms in total. The largest absolute Gasteiger partial charge is 0.361 e. The number of fused-ring (bicyclic) bond motifs is 2. The summed E-state index contributed by atoms with van der Waals surface area (Å²) in [4.78, 5) is 11.2. The van der Waals surface area contributed by atoms with Crippen molar-refractivity contribution in [1.82, 2.24) is 24.7 Å². The van der Waals surface area contributed by atoms with Gasteiger partial charge in [0.05, 0.1) is 27.9 Å². The molecule has 31 heavy (non-hydrogen) atoms. The smallest absolute Gasteiger partial charge is 0.205 e. The number of hydrogen-bond acceptors (Lipinski definition) is 3. The van der Waals surface area contributed by atoms with Crippen molar-refractivity contribution in [2.24, 2.45) is 0 Å². The molecule has 0 atom stereocenters. The van der Waals surface area contributed by atoms with Crippen molar-refractivity contribution in [1.29, 1.82) is 0 Å². The van der Waals surface area contributed by atoms with E-state index in [4.69, 9.17) is 16.6 Å². The predicted molar refractivity (Wildman–Crippen MR) is 125 cm³/mol. The molecule has 3 N–H and O–H groups in total. The van der Waals surface area contributed by atoms with Crippen LogP contribution in [-0.2, 0) is 0 Å². The highest BCUT2D eigenvalue weighted by atomic mass is 35.5. The molecule has 3 heterocycles. The number of anilines is 2. The number of benzene rings is 3. The summed E-state index contributed by atoms with van der Waals surface area (Å²) in [5.41, 5.74) is 6.79. The molecule has 0 aliphatic rings. The zero-order chi connectivity index (χ0) is 20.8. The number of nitrogens with one attached hydrogen (secondary N) is 3. The summed E-state index contributed by atoms with van der Waals surface area (Å²) in [6, 6.07) is 22.1. The average Bonchev–Trinajstić information content (AvgIpc) is 3.53. The lowest BCUT2D eigenvalue weighted by molar-refractivity contribution is 0.881. The molecular formula is C24H17ClN6. The SMILES string of the molecule is Clc1cc(Nc2nc3cc(-c4cnn(-c5ccccc5)c4)ccc3[nH]2)cc2[nH]ccc12. The molecule has 0 unspecified atom stereocenters. The highest BCUT2D eigenvalue weighted by molar-refractivity contribution is 6.35. The first kappa shape index (κ1) is 17.8. The highest BCUT2D eigenvalue weighted by Gasteiger charge is 2.09. The number of nitrogens with zero attached hydrogens (tertiary/aromatic N) is 3. The van der Waals surface area contributed by atoms with Gasteiger partial charge < -0.3 is 15.3 Å². The molecule has 0 radical (unpaired) electrons. The molecular weight excluding hydrogens is 408 g/mol. The lowest BCUT2D eigenvalue weighted by Crippen LogP contribution is -1.92. The van der Waals surface area contributed by atoms with Crippen LogP contribution in [0.3, 0.4) is 0 Å². The van der Waals surface area contributed by atoms with Crippen molar-refractivity contribution >= 4 is 45.2 Å². The number of halogens is 1. The minimum absolute atomic E-state index is 0.661. The summed E-state index contributed by atoms with van der Waals surface area (Å²) < 4.78 is 1.87. The quantitative estimate of drug-likeness (QED) is 0.311. The summed E-state index contributed by atoms with van der Waals surface area (Å²) in [5.74, 6) is 0.661. The van der Waals surface area contributed by atoms with Crippen LogP contribution in [-0.4, -0.2) is 24.7 Å². The molecule has 0 fully saturated rings. The minimum Gasteiger partial charge on any atom is -0.361 e. The number of H-pyrrole nitrogens is 2. The molecule has 6 aromatic rings. The number of hydrogen-bond donors (Lipinski definition) is 3. The van der Waals surface area contributed by atoms with E-state index < -0.39 is 0 Å². The lowest BCUT2D eigenvalue weighted by atomic mass is 10.1. The number of imidazole rings is 1. The fourth-order valence-electron chi connectivity index (χ4n) is 3.77. The molecule has 0 saturated heterocycles. The van der Waals surface area contributed by atoms with E-state index in [1.165, 1.54) is 0 Å². The van der Waals surface area contributed by atoms with Crippen LogP contribution < -0.4 is 5.32 Å². The summed E-state index contributed by atoms with van der Waals surface area (Å²) in [6.07, 6.45) is 5.77. The Bertz CT molecular complexity index is 1530. The first-order valence-electron chi connectivity index (χ1n) is 9.87. The van der Waals surface area contributed by atoms with Gasteiger partial charge in [-0.05, 0) is 48.0 Å². The third-order valence-corrected chi connectivity index (χ3v) is 5.61. The number of rotatable bonds is 4. The Hall–Kier alpha value is -4.03. The molecule has 0 saturated carbocycles. The molecule has 150 valence electrons. The van der Waals surface area contributed by atoms with Crippen LogP contribution in [0, 0.1) is 0 Å². The molecule has 0 amide bonds. The molecule has 0 spiro atoms. The van der Waals surface area contributed by atoms with Gasteiger partial charge in [-0.2, -0.15) is 5.10 Å². The van der Waals surface area contributed by atoms with Gasteiger partial charge in [0.2, 0.25) is 5.95 Å². The fourth-order valence-corrected chi connectivity index (χ4v) is 4.05. The molecule has 0 bridgehead atoms. The summed E-state index contributed by atoms with van der Waals surface area (Å²) in [7, 11) is 0. The van der Waals surface area contributed by atoms with Crippen molar-refractivity contribution in [3.63, 3.8) is 0 Å². The van der Waals surface area contributed by atoms with E-state index in [1.807, 2.05) is 77.9 Å². The topological polar surface area (TPSA) is 74.3 Å². The fraction of sp³-hybridized carbons (Fsp3) is 0. The normalized spacial score (nSPS) is 11.4. The maximum Gasteiger partial charge on any atom is 0.205 e. The molecule has 3 aromatic carbocycles. The van der Waals surface area contributed by atoms with Crippen molar-refractivity contribution in [3.05, 3.63) is 90.3 Å². The maximum absolute atomic E-state index is 6.38. The van der Waals surface area contributed by atoms with Gasteiger partial charge >= 0.3 is 0 Å². The maximum atomic E-state index is 6.38.